The average Bonchev–Trinajstić information content (AvgIpc) is 2.59. The van der Waals surface area contributed by atoms with Crippen LogP contribution in [0.15, 0.2) is 41.0 Å². The van der Waals surface area contributed by atoms with Crippen LogP contribution in [0, 0.1) is 5.82 Å². The number of alkyl halides is 3. The summed E-state index contributed by atoms with van der Waals surface area (Å²) in [6.45, 7) is 5.07. The van der Waals surface area contributed by atoms with Gasteiger partial charge in [-0.25, -0.2) is 4.39 Å². The number of aromatic nitrogens is 1. The van der Waals surface area contributed by atoms with E-state index in [1.807, 2.05) is 0 Å². The van der Waals surface area contributed by atoms with E-state index in [-0.39, 0.29) is 11.3 Å². The lowest BCUT2D eigenvalue weighted by Crippen LogP contribution is -2.44. The summed E-state index contributed by atoms with van der Waals surface area (Å²) < 4.78 is 69.5. The van der Waals surface area contributed by atoms with Crippen LogP contribution in [-0.2, 0) is 11.4 Å². The number of carbonyl (C=O) groups is 1. The van der Waals surface area contributed by atoms with Crippen LogP contribution in [0.2, 0.25) is 0 Å². The fourth-order valence-corrected chi connectivity index (χ4v) is 3.43. The van der Waals surface area contributed by atoms with E-state index in [1.165, 1.54) is 6.20 Å². The van der Waals surface area contributed by atoms with Gasteiger partial charge in [0.2, 0.25) is 0 Å². The van der Waals surface area contributed by atoms with E-state index in [0.717, 1.165) is 6.07 Å². The van der Waals surface area contributed by atoms with Crippen molar-refractivity contribution < 1.29 is 31.6 Å². The molecule has 5 nitrogen and oxygen atoms in total. The van der Waals surface area contributed by atoms with E-state index in [9.17, 15) is 26.9 Å². The van der Waals surface area contributed by atoms with Crippen LogP contribution in [0.1, 0.15) is 42.9 Å². The van der Waals surface area contributed by atoms with Crippen LogP contribution < -0.4 is 9.46 Å². The van der Waals surface area contributed by atoms with Gasteiger partial charge in [0.05, 0.1) is 5.69 Å². The number of benzene rings is 1. The molecular weight excluding hydrogens is 480 g/mol. The highest BCUT2D eigenvalue weighted by atomic mass is 79.9. The summed E-state index contributed by atoms with van der Waals surface area (Å²) in [6, 6.07) is 4.33. The number of pyridine rings is 1. The SMILES string of the molecule is CC(C)(C)[S+]([O-])NC(C(=O)c1ccc(OC(F)(F)F)c(F)c1)c1ncccc1Br. The number of carbonyl (C=O) groups excluding carboxylic acids is 1. The zero-order valence-electron chi connectivity index (χ0n) is 15.5. The van der Waals surface area contributed by atoms with E-state index < -0.39 is 45.9 Å². The van der Waals surface area contributed by atoms with E-state index in [2.05, 4.69) is 30.4 Å². The molecule has 0 amide bonds. The van der Waals surface area contributed by atoms with Gasteiger partial charge in [-0.3, -0.25) is 9.78 Å². The van der Waals surface area contributed by atoms with E-state index >= 15 is 0 Å². The van der Waals surface area contributed by atoms with Gasteiger partial charge in [0.15, 0.2) is 23.4 Å². The van der Waals surface area contributed by atoms with Gasteiger partial charge < -0.3 is 9.29 Å². The number of hydrogen-bond donors (Lipinski definition) is 1. The van der Waals surface area contributed by atoms with Crippen molar-refractivity contribution in [2.75, 3.05) is 0 Å². The van der Waals surface area contributed by atoms with Gasteiger partial charge in [-0.15, -0.1) is 17.9 Å². The van der Waals surface area contributed by atoms with E-state index in [1.54, 1.807) is 32.9 Å². The summed E-state index contributed by atoms with van der Waals surface area (Å²) in [5.74, 6) is -3.14. The first kappa shape index (κ1) is 23.6. The van der Waals surface area contributed by atoms with E-state index in [0.29, 0.717) is 16.6 Å². The lowest BCUT2D eigenvalue weighted by atomic mass is 10.0. The Balaban J connectivity index is 2.42. The van der Waals surface area contributed by atoms with Crippen molar-refractivity contribution in [3.8, 4) is 5.75 Å². The third-order valence-corrected chi connectivity index (χ3v) is 5.78. The smallest absolute Gasteiger partial charge is 0.573 e. The Morgan fingerprint density at radius 3 is 2.45 bits per heavy atom. The molecule has 0 saturated carbocycles. The first-order chi connectivity index (χ1) is 13.3. The average molecular weight is 497 g/mol. The molecule has 1 aromatic heterocycles. The van der Waals surface area contributed by atoms with Gasteiger partial charge >= 0.3 is 6.36 Å². The second-order valence-corrected chi connectivity index (χ2v) is 9.71. The van der Waals surface area contributed by atoms with Crippen LogP contribution in [-0.4, -0.2) is 26.4 Å². The molecule has 0 spiro atoms. The fraction of sp³-hybridized carbons (Fsp3) is 0.333. The lowest BCUT2D eigenvalue weighted by molar-refractivity contribution is -0.275. The molecule has 158 valence electrons. The van der Waals surface area contributed by atoms with E-state index in [4.69, 9.17) is 0 Å². The van der Waals surface area contributed by atoms with Crippen molar-refractivity contribution in [1.82, 2.24) is 9.71 Å². The Kier molecular flexibility index (Phi) is 7.31. The number of halogens is 5. The zero-order chi connectivity index (χ0) is 22.0. The Bertz CT molecular complexity index is 890. The van der Waals surface area contributed by atoms with Gasteiger partial charge in [0.25, 0.3) is 0 Å². The predicted octanol–water partition coefficient (Wildman–Crippen LogP) is 4.86. The van der Waals surface area contributed by atoms with Gasteiger partial charge in [-0.2, -0.15) is 0 Å². The summed E-state index contributed by atoms with van der Waals surface area (Å²) >= 11 is 1.57. The largest absolute Gasteiger partial charge is 0.598 e. The number of ether oxygens (including phenoxy) is 1. The normalized spacial score (nSPS) is 14.4. The molecule has 0 aliphatic heterocycles. The Morgan fingerprint density at radius 1 is 1.28 bits per heavy atom. The lowest BCUT2D eigenvalue weighted by Gasteiger charge is -2.27. The Labute approximate surface area is 176 Å². The quantitative estimate of drug-likeness (QED) is 0.351. The maximum Gasteiger partial charge on any atom is 0.573 e. The third kappa shape index (κ3) is 6.39. The molecule has 0 fully saturated rings. The minimum atomic E-state index is -5.07. The molecule has 2 rings (SSSR count). The highest BCUT2D eigenvalue weighted by Gasteiger charge is 2.36. The summed E-state index contributed by atoms with van der Waals surface area (Å²) in [7, 11) is 0. The topological polar surface area (TPSA) is 74.3 Å². The number of hydrogen-bond acceptors (Lipinski definition) is 5. The fourth-order valence-electron chi connectivity index (χ4n) is 2.16. The first-order valence-electron chi connectivity index (χ1n) is 8.17. The van der Waals surface area contributed by atoms with Crippen LogP contribution in [0.3, 0.4) is 0 Å². The Morgan fingerprint density at radius 2 is 1.93 bits per heavy atom. The van der Waals surface area contributed by atoms with Crippen LogP contribution in [0.25, 0.3) is 0 Å². The molecular formula is C18H17BrF4N2O3S. The van der Waals surface area contributed by atoms with Crippen molar-refractivity contribution in [2.24, 2.45) is 0 Å². The summed E-state index contributed by atoms with van der Waals surface area (Å²) in [5, 5.41) is 0. The van der Waals surface area contributed by atoms with Crippen LogP contribution in [0.4, 0.5) is 17.6 Å². The molecule has 2 aromatic rings. The van der Waals surface area contributed by atoms with Gasteiger partial charge in [0, 0.05) is 27.6 Å². The van der Waals surface area contributed by atoms with Crippen molar-refractivity contribution in [3.05, 3.63) is 58.1 Å². The molecule has 1 heterocycles. The minimum absolute atomic E-state index is 0.200. The third-order valence-electron chi connectivity index (χ3n) is 3.55. The monoisotopic (exact) mass is 496 g/mol. The Hall–Kier alpha value is -1.69. The van der Waals surface area contributed by atoms with Gasteiger partial charge in [0.1, 0.15) is 4.75 Å². The minimum Gasteiger partial charge on any atom is -0.598 e. The molecule has 1 N–H and O–H groups in total. The van der Waals surface area contributed by atoms with Crippen molar-refractivity contribution in [1.29, 1.82) is 0 Å². The van der Waals surface area contributed by atoms with Gasteiger partial charge in [-0.1, -0.05) is 0 Å². The molecule has 0 radical (unpaired) electrons. The highest BCUT2D eigenvalue weighted by molar-refractivity contribution is 9.10. The molecule has 0 bridgehead atoms. The molecule has 11 heteroatoms. The molecule has 1 aromatic carbocycles. The maximum atomic E-state index is 14.1. The first-order valence-corrected chi connectivity index (χ1v) is 10.1. The summed E-state index contributed by atoms with van der Waals surface area (Å²) in [4.78, 5) is 17.1. The molecule has 0 aliphatic rings. The molecule has 0 saturated heterocycles. The molecule has 2 atom stereocenters. The van der Waals surface area contributed by atoms with Crippen LogP contribution >= 0.6 is 15.9 Å². The number of Topliss-reactive ketones (excluding diaryl/α,β-unsaturated/α-hetero) is 1. The number of rotatable bonds is 6. The predicted molar refractivity (Wildman–Crippen MR) is 103 cm³/mol. The second-order valence-electron chi connectivity index (χ2n) is 6.86. The number of ketones is 1. The summed E-state index contributed by atoms with van der Waals surface area (Å²) in [6.07, 6.45) is -3.65. The van der Waals surface area contributed by atoms with Crippen molar-refractivity contribution in [2.45, 2.75) is 37.9 Å². The highest BCUT2D eigenvalue weighted by Crippen LogP contribution is 2.30. The van der Waals surface area contributed by atoms with Crippen molar-refractivity contribution >= 4 is 33.1 Å². The zero-order valence-corrected chi connectivity index (χ0v) is 17.9. The van der Waals surface area contributed by atoms with Crippen LogP contribution in [0.5, 0.6) is 5.75 Å². The molecule has 0 aliphatic carbocycles. The molecule has 2 unspecified atom stereocenters. The maximum absolute atomic E-state index is 14.1. The van der Waals surface area contributed by atoms with Gasteiger partial charge in [-0.05, 0) is 67.0 Å². The second kappa shape index (κ2) is 8.99. The summed E-state index contributed by atoms with van der Waals surface area (Å²) in [5.41, 5.74) is -0.0379. The molecule has 29 heavy (non-hydrogen) atoms. The number of nitrogens with zero attached hydrogens (tertiary/aromatic N) is 1. The standard InChI is InChI=1S/C18H17BrF4N2O3S/c1-17(2,3)29(27)25-15(14-11(19)5-4-8-24-14)16(26)10-6-7-13(12(20)9-10)28-18(21,22)23/h4-9,15,25H,1-3H3. The number of nitrogens with one attached hydrogen (secondary N) is 1. The van der Waals surface area contributed by atoms with Crippen molar-refractivity contribution in [3.63, 3.8) is 0 Å².